The minimum absolute atomic E-state index is 0.0931. The van der Waals surface area contributed by atoms with Crippen LogP contribution in [0.2, 0.25) is 0 Å². The minimum atomic E-state index is -0.161. The van der Waals surface area contributed by atoms with Gasteiger partial charge in [0.1, 0.15) is 0 Å². The van der Waals surface area contributed by atoms with Gasteiger partial charge in [0.2, 0.25) is 5.91 Å². The number of carbonyl (C=O) groups excluding carboxylic acids is 1. The molecule has 0 aromatic heterocycles. The zero-order valence-electron chi connectivity index (χ0n) is 11.6. The van der Waals surface area contributed by atoms with Gasteiger partial charge < -0.3 is 16.0 Å². The van der Waals surface area contributed by atoms with Gasteiger partial charge in [-0.2, -0.15) is 0 Å². The van der Waals surface area contributed by atoms with E-state index in [1.165, 1.54) is 12.8 Å². The fourth-order valence-electron chi connectivity index (χ4n) is 1.96. The summed E-state index contributed by atoms with van der Waals surface area (Å²) in [6.45, 7) is 7.61. The number of rotatable bonds is 6. The van der Waals surface area contributed by atoms with Crippen molar-refractivity contribution < 1.29 is 4.79 Å². The fourth-order valence-corrected chi connectivity index (χ4v) is 1.96. The Labute approximate surface area is 105 Å². The van der Waals surface area contributed by atoms with Crippen molar-refractivity contribution in [2.75, 3.05) is 20.1 Å². The van der Waals surface area contributed by atoms with Crippen molar-refractivity contribution in [1.29, 1.82) is 0 Å². The van der Waals surface area contributed by atoms with Crippen LogP contribution in [0.3, 0.4) is 0 Å². The Hall–Kier alpha value is -0.610. The molecule has 0 aromatic carbocycles. The number of carbonyl (C=O) groups is 1. The Bertz CT molecular complexity index is 256. The van der Waals surface area contributed by atoms with Crippen molar-refractivity contribution in [2.24, 2.45) is 11.7 Å². The van der Waals surface area contributed by atoms with E-state index in [1.54, 1.807) is 0 Å². The number of amides is 1. The zero-order chi connectivity index (χ0) is 13.1. The van der Waals surface area contributed by atoms with E-state index in [0.717, 1.165) is 12.5 Å². The first-order chi connectivity index (χ1) is 7.81. The molecule has 0 saturated heterocycles. The first kappa shape index (κ1) is 14.5. The van der Waals surface area contributed by atoms with Gasteiger partial charge in [0, 0.05) is 31.1 Å². The molecule has 1 unspecified atom stereocenters. The molecular formula is C13H27N3O. The van der Waals surface area contributed by atoms with Crippen LogP contribution in [-0.2, 0) is 4.79 Å². The summed E-state index contributed by atoms with van der Waals surface area (Å²) >= 11 is 0. The van der Waals surface area contributed by atoms with E-state index in [-0.39, 0.29) is 17.5 Å². The number of nitrogens with one attached hydrogen (secondary N) is 1. The molecule has 1 saturated carbocycles. The SMILES string of the molecule is CN(CC1CC1)C(CN)CC(=O)NC(C)(C)C. The average molecular weight is 241 g/mol. The van der Waals surface area contributed by atoms with E-state index in [9.17, 15) is 4.79 Å². The highest BCUT2D eigenvalue weighted by atomic mass is 16.1. The van der Waals surface area contributed by atoms with Gasteiger partial charge in [-0.15, -0.1) is 0 Å². The molecule has 1 aliphatic rings. The Morgan fingerprint density at radius 2 is 2.06 bits per heavy atom. The molecule has 4 nitrogen and oxygen atoms in total. The van der Waals surface area contributed by atoms with Crippen LogP contribution in [-0.4, -0.2) is 42.5 Å². The van der Waals surface area contributed by atoms with Gasteiger partial charge in [0.05, 0.1) is 0 Å². The number of likely N-dealkylation sites (N-methyl/N-ethyl adjacent to an activating group) is 1. The zero-order valence-corrected chi connectivity index (χ0v) is 11.6. The van der Waals surface area contributed by atoms with Crippen molar-refractivity contribution in [2.45, 2.75) is 51.6 Å². The Balaban J connectivity index is 2.36. The lowest BCUT2D eigenvalue weighted by atomic mass is 10.1. The summed E-state index contributed by atoms with van der Waals surface area (Å²) in [6.07, 6.45) is 3.16. The van der Waals surface area contributed by atoms with Crippen LogP contribution in [0.15, 0.2) is 0 Å². The molecule has 0 aromatic rings. The summed E-state index contributed by atoms with van der Waals surface area (Å²) in [5, 5.41) is 2.99. The van der Waals surface area contributed by atoms with Gasteiger partial charge in [-0.25, -0.2) is 0 Å². The molecule has 17 heavy (non-hydrogen) atoms. The molecule has 1 amide bonds. The standard InChI is InChI=1S/C13H27N3O/c1-13(2,3)15-12(17)7-11(8-14)16(4)9-10-5-6-10/h10-11H,5-9,14H2,1-4H3,(H,15,17). The van der Waals surface area contributed by atoms with Gasteiger partial charge in [-0.3, -0.25) is 4.79 Å². The summed E-state index contributed by atoms with van der Waals surface area (Å²) in [5.74, 6) is 0.926. The molecule has 4 heteroatoms. The van der Waals surface area contributed by atoms with Crippen LogP contribution < -0.4 is 11.1 Å². The monoisotopic (exact) mass is 241 g/mol. The lowest BCUT2D eigenvalue weighted by Gasteiger charge is -2.28. The van der Waals surface area contributed by atoms with Crippen LogP contribution in [0.25, 0.3) is 0 Å². The second kappa shape index (κ2) is 5.83. The molecule has 0 bridgehead atoms. The first-order valence-corrected chi connectivity index (χ1v) is 6.53. The number of nitrogens with two attached hydrogens (primary N) is 1. The van der Waals surface area contributed by atoms with Crippen LogP contribution in [0, 0.1) is 5.92 Å². The van der Waals surface area contributed by atoms with Gasteiger partial charge in [0.25, 0.3) is 0 Å². The molecule has 1 rings (SSSR count). The Kier molecular flexibility index (Phi) is 4.95. The maximum atomic E-state index is 11.8. The second-order valence-corrected chi connectivity index (χ2v) is 6.27. The molecule has 1 atom stereocenters. The van der Waals surface area contributed by atoms with E-state index < -0.39 is 0 Å². The number of nitrogens with zero attached hydrogens (tertiary/aromatic N) is 1. The maximum Gasteiger partial charge on any atom is 0.222 e. The van der Waals surface area contributed by atoms with Crippen molar-refractivity contribution >= 4 is 5.91 Å². The fraction of sp³-hybridized carbons (Fsp3) is 0.923. The average Bonchev–Trinajstić information content (AvgIpc) is 2.94. The van der Waals surface area contributed by atoms with E-state index in [4.69, 9.17) is 5.73 Å². The summed E-state index contributed by atoms with van der Waals surface area (Å²) < 4.78 is 0. The van der Waals surface area contributed by atoms with Crippen molar-refractivity contribution in [3.8, 4) is 0 Å². The lowest BCUT2D eigenvalue weighted by molar-refractivity contribution is -0.123. The highest BCUT2D eigenvalue weighted by Crippen LogP contribution is 2.29. The van der Waals surface area contributed by atoms with Crippen molar-refractivity contribution in [1.82, 2.24) is 10.2 Å². The van der Waals surface area contributed by atoms with Crippen molar-refractivity contribution in [3.05, 3.63) is 0 Å². The topological polar surface area (TPSA) is 58.4 Å². The highest BCUT2D eigenvalue weighted by Gasteiger charge is 2.27. The summed E-state index contributed by atoms with van der Waals surface area (Å²) in [6, 6.07) is 0.165. The molecular weight excluding hydrogens is 214 g/mol. The third-order valence-corrected chi connectivity index (χ3v) is 3.07. The maximum absolute atomic E-state index is 11.8. The Morgan fingerprint density at radius 1 is 1.47 bits per heavy atom. The van der Waals surface area contributed by atoms with Crippen LogP contribution >= 0.6 is 0 Å². The molecule has 0 spiro atoms. The van der Waals surface area contributed by atoms with E-state index in [2.05, 4.69) is 17.3 Å². The lowest BCUT2D eigenvalue weighted by Crippen LogP contribution is -2.46. The number of hydrogen-bond donors (Lipinski definition) is 2. The number of hydrogen-bond acceptors (Lipinski definition) is 3. The Morgan fingerprint density at radius 3 is 2.47 bits per heavy atom. The van der Waals surface area contributed by atoms with E-state index in [0.29, 0.717) is 13.0 Å². The largest absolute Gasteiger partial charge is 0.351 e. The quantitative estimate of drug-likeness (QED) is 0.728. The van der Waals surface area contributed by atoms with Gasteiger partial charge in [0.15, 0.2) is 0 Å². The van der Waals surface area contributed by atoms with Gasteiger partial charge in [-0.1, -0.05) is 0 Å². The molecule has 1 aliphatic carbocycles. The molecule has 0 aliphatic heterocycles. The van der Waals surface area contributed by atoms with Crippen molar-refractivity contribution in [3.63, 3.8) is 0 Å². The molecule has 3 N–H and O–H groups in total. The predicted octanol–water partition coefficient (Wildman–Crippen LogP) is 0.960. The third kappa shape index (κ3) is 6.03. The molecule has 1 fully saturated rings. The molecule has 100 valence electrons. The summed E-state index contributed by atoms with van der Waals surface area (Å²) in [7, 11) is 2.07. The minimum Gasteiger partial charge on any atom is -0.351 e. The third-order valence-electron chi connectivity index (χ3n) is 3.07. The molecule has 0 heterocycles. The summed E-state index contributed by atoms with van der Waals surface area (Å²) in [5.41, 5.74) is 5.60. The van der Waals surface area contributed by atoms with E-state index in [1.807, 2.05) is 20.8 Å². The normalized spacial score (nSPS) is 18.2. The van der Waals surface area contributed by atoms with E-state index >= 15 is 0 Å². The van der Waals surface area contributed by atoms with Gasteiger partial charge in [-0.05, 0) is 46.6 Å². The van der Waals surface area contributed by atoms with Crippen LogP contribution in [0.5, 0.6) is 0 Å². The summed E-state index contributed by atoms with van der Waals surface area (Å²) in [4.78, 5) is 14.1. The second-order valence-electron chi connectivity index (χ2n) is 6.27. The molecule has 0 radical (unpaired) electrons. The first-order valence-electron chi connectivity index (χ1n) is 6.53. The smallest absolute Gasteiger partial charge is 0.222 e. The van der Waals surface area contributed by atoms with Crippen LogP contribution in [0.4, 0.5) is 0 Å². The van der Waals surface area contributed by atoms with Gasteiger partial charge >= 0.3 is 0 Å². The predicted molar refractivity (Wildman–Crippen MR) is 70.7 cm³/mol. The highest BCUT2D eigenvalue weighted by molar-refractivity contribution is 5.77. The van der Waals surface area contributed by atoms with Crippen LogP contribution in [0.1, 0.15) is 40.0 Å².